The molecule has 1 amide bonds. The standard InChI is InChI=1S/C17H23N3O3/c1-12(2)22-10-9-18-16(21)11-15(14-7-5-4-6-8-14)17-20-19-13(3)23-17/h4-8,12,15H,9-11H2,1-3H3,(H,18,21). The van der Waals surface area contributed by atoms with Crippen LogP contribution in [0.3, 0.4) is 0 Å². The number of nitrogens with zero attached hydrogens (tertiary/aromatic N) is 2. The zero-order valence-corrected chi connectivity index (χ0v) is 13.8. The number of aryl methyl sites for hydroxylation is 1. The summed E-state index contributed by atoms with van der Waals surface area (Å²) >= 11 is 0. The Hall–Kier alpha value is -2.21. The first-order valence-electron chi connectivity index (χ1n) is 7.79. The van der Waals surface area contributed by atoms with Crippen molar-refractivity contribution in [1.82, 2.24) is 15.5 Å². The smallest absolute Gasteiger partial charge is 0.224 e. The van der Waals surface area contributed by atoms with Crippen molar-refractivity contribution in [3.05, 3.63) is 47.7 Å². The maximum atomic E-state index is 12.2. The van der Waals surface area contributed by atoms with Gasteiger partial charge in [0.2, 0.25) is 17.7 Å². The maximum absolute atomic E-state index is 12.2. The van der Waals surface area contributed by atoms with Crippen molar-refractivity contribution in [2.45, 2.75) is 39.2 Å². The van der Waals surface area contributed by atoms with Crippen molar-refractivity contribution < 1.29 is 13.9 Å². The third-order valence-corrected chi connectivity index (χ3v) is 3.31. The molecule has 6 nitrogen and oxygen atoms in total. The summed E-state index contributed by atoms with van der Waals surface area (Å²) in [5, 5.41) is 10.8. The highest BCUT2D eigenvalue weighted by Crippen LogP contribution is 2.26. The van der Waals surface area contributed by atoms with Gasteiger partial charge in [0.25, 0.3) is 0 Å². The monoisotopic (exact) mass is 317 g/mol. The molecule has 1 atom stereocenters. The van der Waals surface area contributed by atoms with Crippen molar-refractivity contribution in [1.29, 1.82) is 0 Å². The molecule has 2 aromatic rings. The lowest BCUT2D eigenvalue weighted by atomic mass is 9.95. The minimum Gasteiger partial charge on any atom is -0.425 e. The van der Waals surface area contributed by atoms with Crippen LogP contribution >= 0.6 is 0 Å². The van der Waals surface area contributed by atoms with Crippen molar-refractivity contribution in [2.75, 3.05) is 13.2 Å². The van der Waals surface area contributed by atoms with E-state index in [1.54, 1.807) is 6.92 Å². The Kier molecular flexibility index (Phi) is 6.29. The molecule has 0 spiro atoms. The Morgan fingerprint density at radius 1 is 1.26 bits per heavy atom. The Labute approximate surface area is 136 Å². The SMILES string of the molecule is Cc1nnc(C(CC(=O)NCCOC(C)C)c2ccccc2)o1. The summed E-state index contributed by atoms with van der Waals surface area (Å²) in [6, 6.07) is 9.71. The Balaban J connectivity index is 1.99. The number of aromatic nitrogens is 2. The number of hydrogen-bond donors (Lipinski definition) is 1. The van der Waals surface area contributed by atoms with Crippen LogP contribution in [0.5, 0.6) is 0 Å². The fraction of sp³-hybridized carbons (Fsp3) is 0.471. The van der Waals surface area contributed by atoms with Crippen LogP contribution in [-0.4, -0.2) is 35.4 Å². The summed E-state index contributed by atoms with van der Waals surface area (Å²) in [4.78, 5) is 12.2. The van der Waals surface area contributed by atoms with E-state index in [4.69, 9.17) is 9.15 Å². The summed E-state index contributed by atoms with van der Waals surface area (Å²) in [6.07, 6.45) is 0.415. The van der Waals surface area contributed by atoms with Crippen LogP contribution in [0.2, 0.25) is 0 Å². The molecule has 6 heteroatoms. The molecule has 1 unspecified atom stereocenters. The highest BCUT2D eigenvalue weighted by atomic mass is 16.5. The van der Waals surface area contributed by atoms with E-state index in [2.05, 4.69) is 15.5 Å². The lowest BCUT2D eigenvalue weighted by molar-refractivity contribution is -0.121. The molecular formula is C17H23N3O3. The number of ether oxygens (including phenoxy) is 1. The lowest BCUT2D eigenvalue weighted by Crippen LogP contribution is -2.29. The third-order valence-electron chi connectivity index (χ3n) is 3.31. The van der Waals surface area contributed by atoms with Crippen molar-refractivity contribution >= 4 is 5.91 Å². The van der Waals surface area contributed by atoms with Crippen molar-refractivity contribution in [2.24, 2.45) is 0 Å². The van der Waals surface area contributed by atoms with Gasteiger partial charge in [-0.25, -0.2) is 0 Å². The molecule has 1 aromatic carbocycles. The van der Waals surface area contributed by atoms with Gasteiger partial charge in [-0.1, -0.05) is 30.3 Å². The summed E-state index contributed by atoms with van der Waals surface area (Å²) < 4.78 is 10.9. The number of benzene rings is 1. The number of rotatable bonds is 8. The summed E-state index contributed by atoms with van der Waals surface area (Å²) in [7, 11) is 0. The lowest BCUT2D eigenvalue weighted by Gasteiger charge is -2.14. The molecule has 1 N–H and O–H groups in total. The first-order valence-corrected chi connectivity index (χ1v) is 7.79. The molecule has 0 aliphatic rings. The molecule has 1 heterocycles. The van der Waals surface area contributed by atoms with E-state index in [1.807, 2.05) is 44.2 Å². The molecule has 0 aliphatic heterocycles. The van der Waals surface area contributed by atoms with Gasteiger partial charge in [0.05, 0.1) is 18.6 Å². The Morgan fingerprint density at radius 3 is 2.61 bits per heavy atom. The molecule has 124 valence electrons. The zero-order valence-electron chi connectivity index (χ0n) is 13.8. The van der Waals surface area contributed by atoms with E-state index in [0.29, 0.717) is 24.9 Å². The zero-order chi connectivity index (χ0) is 16.7. The number of nitrogens with one attached hydrogen (secondary N) is 1. The highest BCUT2D eigenvalue weighted by molar-refractivity contribution is 5.77. The van der Waals surface area contributed by atoms with E-state index in [1.165, 1.54) is 0 Å². The second-order valence-corrected chi connectivity index (χ2v) is 5.60. The van der Waals surface area contributed by atoms with Gasteiger partial charge in [-0.3, -0.25) is 4.79 Å². The predicted molar refractivity (Wildman–Crippen MR) is 86.0 cm³/mol. The van der Waals surface area contributed by atoms with Gasteiger partial charge in [0.1, 0.15) is 0 Å². The quantitative estimate of drug-likeness (QED) is 0.757. The predicted octanol–water partition coefficient (Wildman–Crippen LogP) is 2.44. The molecule has 0 saturated heterocycles. The largest absolute Gasteiger partial charge is 0.425 e. The number of carbonyl (C=O) groups excluding carboxylic acids is 1. The second-order valence-electron chi connectivity index (χ2n) is 5.60. The first kappa shape index (κ1) is 17.1. The van der Waals surface area contributed by atoms with E-state index in [9.17, 15) is 4.79 Å². The van der Waals surface area contributed by atoms with E-state index >= 15 is 0 Å². The number of carbonyl (C=O) groups is 1. The van der Waals surface area contributed by atoms with E-state index < -0.39 is 0 Å². The molecular weight excluding hydrogens is 294 g/mol. The maximum Gasteiger partial charge on any atom is 0.224 e. The average Bonchev–Trinajstić information content (AvgIpc) is 2.96. The van der Waals surface area contributed by atoms with Crippen LogP contribution in [0.4, 0.5) is 0 Å². The minimum atomic E-state index is -0.247. The van der Waals surface area contributed by atoms with E-state index in [0.717, 1.165) is 5.56 Å². The first-order chi connectivity index (χ1) is 11.1. The molecule has 0 aliphatic carbocycles. The van der Waals surface area contributed by atoms with Crippen LogP contribution in [0.15, 0.2) is 34.7 Å². The van der Waals surface area contributed by atoms with Crippen LogP contribution in [0, 0.1) is 6.92 Å². The van der Waals surface area contributed by atoms with Gasteiger partial charge in [0, 0.05) is 19.9 Å². The van der Waals surface area contributed by atoms with E-state index in [-0.39, 0.29) is 24.3 Å². The Morgan fingerprint density at radius 2 is 2.00 bits per heavy atom. The van der Waals surface area contributed by atoms with Crippen LogP contribution < -0.4 is 5.32 Å². The van der Waals surface area contributed by atoms with Gasteiger partial charge in [-0.05, 0) is 19.4 Å². The van der Waals surface area contributed by atoms with Crippen molar-refractivity contribution in [3.8, 4) is 0 Å². The van der Waals surface area contributed by atoms with Gasteiger partial charge in [-0.15, -0.1) is 10.2 Å². The average molecular weight is 317 g/mol. The van der Waals surface area contributed by atoms with Crippen LogP contribution in [0.25, 0.3) is 0 Å². The normalized spacial score (nSPS) is 12.3. The van der Waals surface area contributed by atoms with Crippen LogP contribution in [0.1, 0.15) is 43.5 Å². The fourth-order valence-corrected chi connectivity index (χ4v) is 2.23. The topological polar surface area (TPSA) is 77.2 Å². The van der Waals surface area contributed by atoms with Crippen molar-refractivity contribution in [3.63, 3.8) is 0 Å². The molecule has 0 fully saturated rings. The molecule has 0 saturated carbocycles. The number of amides is 1. The molecule has 2 rings (SSSR count). The number of hydrogen-bond acceptors (Lipinski definition) is 5. The van der Waals surface area contributed by atoms with Gasteiger partial charge >= 0.3 is 0 Å². The van der Waals surface area contributed by atoms with Gasteiger partial charge < -0.3 is 14.5 Å². The molecule has 0 bridgehead atoms. The fourth-order valence-electron chi connectivity index (χ4n) is 2.23. The second kappa shape index (κ2) is 8.43. The third kappa shape index (κ3) is 5.49. The van der Waals surface area contributed by atoms with Gasteiger partial charge in [-0.2, -0.15) is 0 Å². The molecule has 23 heavy (non-hydrogen) atoms. The van der Waals surface area contributed by atoms with Crippen LogP contribution in [-0.2, 0) is 9.53 Å². The highest BCUT2D eigenvalue weighted by Gasteiger charge is 2.23. The minimum absolute atomic E-state index is 0.0675. The molecule has 0 radical (unpaired) electrons. The van der Waals surface area contributed by atoms with Gasteiger partial charge in [0.15, 0.2) is 0 Å². The summed E-state index contributed by atoms with van der Waals surface area (Å²) in [5.74, 6) is 0.638. The molecule has 1 aromatic heterocycles. The Bertz CT molecular complexity index is 611. The summed E-state index contributed by atoms with van der Waals surface area (Å²) in [5.41, 5.74) is 0.977. The summed E-state index contributed by atoms with van der Waals surface area (Å²) in [6.45, 7) is 6.65.